The number of hydrogen-bond acceptors (Lipinski definition) is 6. The number of benzene rings is 1. The van der Waals surface area contributed by atoms with E-state index in [0.29, 0.717) is 22.7 Å². The normalized spacial score (nSPS) is 11.0. The number of ether oxygens (including phenoxy) is 1. The van der Waals surface area contributed by atoms with E-state index in [0.717, 1.165) is 16.8 Å². The van der Waals surface area contributed by atoms with E-state index in [9.17, 15) is 4.79 Å². The van der Waals surface area contributed by atoms with Crippen LogP contribution in [0.25, 0.3) is 16.9 Å². The molecule has 3 aromatic heterocycles. The molecule has 0 bridgehead atoms. The zero-order valence-corrected chi connectivity index (χ0v) is 14.3. The monoisotopic (exact) mass is 348 g/mol. The van der Waals surface area contributed by atoms with E-state index in [4.69, 9.17) is 9.26 Å². The molecule has 0 aliphatic carbocycles. The third kappa shape index (κ3) is 2.73. The number of hydrogen-bond donors (Lipinski definition) is 0. The van der Waals surface area contributed by atoms with Gasteiger partial charge in [-0.15, -0.1) is 0 Å². The highest BCUT2D eigenvalue weighted by molar-refractivity contribution is 5.95. The van der Waals surface area contributed by atoms with Crippen molar-refractivity contribution in [3.8, 4) is 11.3 Å². The van der Waals surface area contributed by atoms with Crippen molar-refractivity contribution < 1.29 is 14.1 Å². The van der Waals surface area contributed by atoms with E-state index in [1.807, 2.05) is 43.3 Å². The Balaban J connectivity index is 1.64. The molecule has 4 aromatic rings. The second-order valence-electron chi connectivity index (χ2n) is 5.87. The van der Waals surface area contributed by atoms with Gasteiger partial charge in [0, 0.05) is 11.8 Å². The van der Waals surface area contributed by atoms with Crippen LogP contribution in [0.3, 0.4) is 0 Å². The van der Waals surface area contributed by atoms with Crippen molar-refractivity contribution in [3.63, 3.8) is 0 Å². The van der Waals surface area contributed by atoms with Crippen LogP contribution in [0.4, 0.5) is 0 Å². The summed E-state index contributed by atoms with van der Waals surface area (Å²) in [6, 6.07) is 11.7. The first-order chi connectivity index (χ1) is 12.6. The van der Waals surface area contributed by atoms with Crippen molar-refractivity contribution in [1.29, 1.82) is 0 Å². The molecule has 7 heteroatoms. The third-order valence-corrected chi connectivity index (χ3v) is 4.22. The van der Waals surface area contributed by atoms with Crippen molar-refractivity contribution in [2.24, 2.45) is 0 Å². The first kappa shape index (κ1) is 16.0. The molecule has 7 nitrogen and oxygen atoms in total. The van der Waals surface area contributed by atoms with Gasteiger partial charge in [-0.2, -0.15) is 5.10 Å². The molecule has 0 saturated carbocycles. The number of rotatable bonds is 4. The standard InChI is InChI=1S/C19H16N4O3/c1-12-16(13(2)26-22-12)11-25-19(24)15-10-21-23-17(8-9-20-18(15)23)14-6-4-3-5-7-14/h3-10H,11H2,1-2H3. The van der Waals surface area contributed by atoms with Gasteiger partial charge < -0.3 is 9.26 Å². The smallest absolute Gasteiger partial charge is 0.343 e. The number of carbonyl (C=O) groups excluding carboxylic acids is 1. The minimum absolute atomic E-state index is 0.0930. The largest absolute Gasteiger partial charge is 0.457 e. The third-order valence-electron chi connectivity index (χ3n) is 4.22. The summed E-state index contributed by atoms with van der Waals surface area (Å²) in [6.07, 6.45) is 3.13. The maximum absolute atomic E-state index is 12.5. The van der Waals surface area contributed by atoms with Gasteiger partial charge in [0.25, 0.3) is 0 Å². The van der Waals surface area contributed by atoms with E-state index in [2.05, 4.69) is 15.2 Å². The van der Waals surface area contributed by atoms with Gasteiger partial charge in [0.15, 0.2) is 5.65 Å². The fourth-order valence-electron chi connectivity index (χ4n) is 2.79. The summed E-state index contributed by atoms with van der Waals surface area (Å²) >= 11 is 0. The molecule has 0 aliphatic rings. The highest BCUT2D eigenvalue weighted by Crippen LogP contribution is 2.21. The van der Waals surface area contributed by atoms with Gasteiger partial charge in [-0.05, 0) is 19.9 Å². The Kier molecular flexibility index (Phi) is 3.96. The van der Waals surface area contributed by atoms with E-state index >= 15 is 0 Å². The zero-order valence-electron chi connectivity index (χ0n) is 14.3. The van der Waals surface area contributed by atoms with Gasteiger partial charge in [0.1, 0.15) is 17.9 Å². The summed E-state index contributed by atoms with van der Waals surface area (Å²) in [4.78, 5) is 16.8. The lowest BCUT2D eigenvalue weighted by Gasteiger charge is -2.05. The quantitative estimate of drug-likeness (QED) is 0.526. The Morgan fingerprint density at radius 1 is 1.19 bits per heavy atom. The summed E-state index contributed by atoms with van der Waals surface area (Å²) in [5, 5.41) is 8.18. The lowest BCUT2D eigenvalue weighted by molar-refractivity contribution is 0.0473. The molecule has 26 heavy (non-hydrogen) atoms. The first-order valence-corrected chi connectivity index (χ1v) is 8.12. The molecule has 0 atom stereocenters. The van der Waals surface area contributed by atoms with Crippen LogP contribution in [-0.4, -0.2) is 25.7 Å². The molecule has 0 radical (unpaired) electrons. The van der Waals surface area contributed by atoms with E-state index < -0.39 is 5.97 Å². The minimum Gasteiger partial charge on any atom is -0.457 e. The fraction of sp³-hybridized carbons (Fsp3) is 0.158. The molecular weight excluding hydrogens is 332 g/mol. The van der Waals surface area contributed by atoms with E-state index in [1.54, 1.807) is 17.6 Å². The number of esters is 1. The van der Waals surface area contributed by atoms with Crippen LogP contribution >= 0.6 is 0 Å². The molecule has 130 valence electrons. The van der Waals surface area contributed by atoms with Crippen molar-refractivity contribution in [2.45, 2.75) is 20.5 Å². The van der Waals surface area contributed by atoms with Crippen LogP contribution in [0.5, 0.6) is 0 Å². The molecule has 0 amide bonds. The number of nitrogens with zero attached hydrogens (tertiary/aromatic N) is 4. The van der Waals surface area contributed by atoms with Gasteiger partial charge in [-0.25, -0.2) is 14.3 Å². The molecular formula is C19H16N4O3. The Morgan fingerprint density at radius 2 is 2.00 bits per heavy atom. The highest BCUT2D eigenvalue weighted by Gasteiger charge is 2.19. The number of aryl methyl sites for hydroxylation is 2. The maximum Gasteiger partial charge on any atom is 0.343 e. The summed E-state index contributed by atoms with van der Waals surface area (Å²) in [5.74, 6) is 0.150. The van der Waals surface area contributed by atoms with Gasteiger partial charge in [0.2, 0.25) is 0 Å². The molecule has 0 unspecified atom stereocenters. The van der Waals surface area contributed by atoms with Gasteiger partial charge in [-0.3, -0.25) is 0 Å². The molecule has 1 aromatic carbocycles. The number of aromatic nitrogens is 4. The fourth-order valence-corrected chi connectivity index (χ4v) is 2.79. The van der Waals surface area contributed by atoms with Crippen molar-refractivity contribution in [1.82, 2.24) is 19.8 Å². The average molecular weight is 348 g/mol. The Hall–Kier alpha value is -3.48. The summed E-state index contributed by atoms with van der Waals surface area (Å²) in [6.45, 7) is 3.69. The Morgan fingerprint density at radius 3 is 2.73 bits per heavy atom. The highest BCUT2D eigenvalue weighted by atomic mass is 16.5. The Labute approximate surface area is 149 Å². The van der Waals surface area contributed by atoms with Gasteiger partial charge in [-0.1, -0.05) is 35.5 Å². The molecule has 0 N–H and O–H groups in total. The molecule has 0 saturated heterocycles. The molecule has 0 spiro atoms. The maximum atomic E-state index is 12.5. The Bertz CT molecular complexity index is 1060. The van der Waals surface area contributed by atoms with Crippen molar-refractivity contribution in [2.75, 3.05) is 0 Å². The first-order valence-electron chi connectivity index (χ1n) is 8.12. The zero-order chi connectivity index (χ0) is 18.1. The van der Waals surface area contributed by atoms with Crippen molar-refractivity contribution in [3.05, 3.63) is 71.4 Å². The molecule has 4 rings (SSSR count). The molecule has 0 fully saturated rings. The van der Waals surface area contributed by atoms with Crippen LogP contribution < -0.4 is 0 Å². The van der Waals surface area contributed by atoms with Crippen LogP contribution in [0, 0.1) is 13.8 Å². The second kappa shape index (κ2) is 6.44. The van der Waals surface area contributed by atoms with Crippen LogP contribution in [0.15, 0.2) is 53.3 Å². The van der Waals surface area contributed by atoms with E-state index in [1.165, 1.54) is 6.20 Å². The number of carbonyl (C=O) groups is 1. The topological polar surface area (TPSA) is 82.5 Å². The summed E-state index contributed by atoms with van der Waals surface area (Å²) < 4.78 is 12.1. The van der Waals surface area contributed by atoms with Crippen molar-refractivity contribution >= 4 is 11.6 Å². The SMILES string of the molecule is Cc1noc(C)c1COC(=O)c1cnn2c(-c3ccccc3)ccnc12. The second-order valence-corrected chi connectivity index (χ2v) is 5.87. The summed E-state index contributed by atoms with van der Waals surface area (Å²) in [5.41, 5.74) is 4.08. The lowest BCUT2D eigenvalue weighted by atomic mass is 10.1. The van der Waals surface area contributed by atoms with Crippen LogP contribution in [0.1, 0.15) is 27.4 Å². The average Bonchev–Trinajstić information content (AvgIpc) is 3.24. The van der Waals surface area contributed by atoms with Gasteiger partial charge >= 0.3 is 5.97 Å². The lowest BCUT2D eigenvalue weighted by Crippen LogP contribution is -2.07. The molecule has 3 heterocycles. The minimum atomic E-state index is -0.488. The number of fused-ring (bicyclic) bond motifs is 1. The predicted molar refractivity (Wildman–Crippen MR) is 93.5 cm³/mol. The van der Waals surface area contributed by atoms with Crippen LogP contribution in [0.2, 0.25) is 0 Å². The van der Waals surface area contributed by atoms with Gasteiger partial charge in [0.05, 0.1) is 23.1 Å². The molecule has 0 aliphatic heterocycles. The van der Waals surface area contributed by atoms with E-state index in [-0.39, 0.29) is 6.61 Å². The van der Waals surface area contributed by atoms with Crippen LogP contribution in [-0.2, 0) is 11.3 Å². The summed E-state index contributed by atoms with van der Waals surface area (Å²) in [7, 11) is 0. The predicted octanol–water partition coefficient (Wildman–Crippen LogP) is 3.36.